The zero-order valence-electron chi connectivity index (χ0n) is 38.0. The van der Waals surface area contributed by atoms with Crippen molar-refractivity contribution in [1.82, 2.24) is 5.32 Å². The maximum absolute atomic E-state index is 13.1. The minimum atomic E-state index is -0.785. The summed E-state index contributed by atoms with van der Waals surface area (Å²) in [5, 5.41) is 23.7. The number of amides is 1. The fourth-order valence-electron chi connectivity index (χ4n) is 7.50. The Morgan fingerprint density at radius 3 is 1.44 bits per heavy atom. The Morgan fingerprint density at radius 2 is 0.947 bits per heavy atom. The number of allylic oxidation sites excluding steroid dienone is 6. The van der Waals surface area contributed by atoms with E-state index in [4.69, 9.17) is 4.74 Å². The summed E-state index contributed by atoms with van der Waals surface area (Å²) in [4.78, 5) is 26.0. The lowest BCUT2D eigenvalue weighted by atomic mass is 10.0. The lowest BCUT2D eigenvalue weighted by Crippen LogP contribution is -2.46. The Bertz CT molecular complexity index is 946. The molecule has 6 nitrogen and oxygen atoms in total. The third-order valence-corrected chi connectivity index (χ3v) is 11.2. The van der Waals surface area contributed by atoms with Gasteiger partial charge in [-0.2, -0.15) is 0 Å². The van der Waals surface area contributed by atoms with Gasteiger partial charge in [0.25, 0.3) is 0 Å². The first kappa shape index (κ1) is 55.1. The van der Waals surface area contributed by atoms with E-state index < -0.39 is 18.2 Å². The average molecular weight is 802 g/mol. The zero-order valence-corrected chi connectivity index (χ0v) is 38.0. The standard InChI is InChI=1S/C51H95NO5/c1-4-7-10-13-16-19-22-24-25-26-27-29-32-35-38-41-44-51(56)57-47(42-39-36-33-30-21-18-15-12-9-6-3)45-50(55)52-48(46-53)49(54)43-40-37-34-31-28-23-20-17-14-11-8-5-2/h7,10,16,19,24-25,47-49,53-54H,4-6,8-9,11-15,17-18,20-23,26-46H2,1-3H3,(H,52,55)/b10-7+,19-16+,25-24+. The van der Waals surface area contributed by atoms with Crippen LogP contribution in [0.15, 0.2) is 36.5 Å². The summed E-state index contributed by atoms with van der Waals surface area (Å²) in [7, 11) is 0. The van der Waals surface area contributed by atoms with Gasteiger partial charge in [0, 0.05) is 6.42 Å². The van der Waals surface area contributed by atoms with Gasteiger partial charge in [0.2, 0.25) is 5.91 Å². The molecule has 3 unspecified atom stereocenters. The molecule has 0 aromatic rings. The van der Waals surface area contributed by atoms with Crippen LogP contribution in [0.2, 0.25) is 0 Å². The molecule has 0 aromatic carbocycles. The molecule has 0 aliphatic heterocycles. The second-order valence-electron chi connectivity index (χ2n) is 16.8. The van der Waals surface area contributed by atoms with Gasteiger partial charge < -0.3 is 20.3 Å². The topological polar surface area (TPSA) is 95.9 Å². The Balaban J connectivity index is 4.52. The number of aliphatic hydroxyl groups is 2. The van der Waals surface area contributed by atoms with Gasteiger partial charge in [-0.15, -0.1) is 0 Å². The first-order valence-corrected chi connectivity index (χ1v) is 24.7. The molecule has 0 saturated carbocycles. The molecular formula is C51H95NO5. The van der Waals surface area contributed by atoms with Crippen LogP contribution >= 0.6 is 0 Å². The van der Waals surface area contributed by atoms with Crippen molar-refractivity contribution in [2.24, 2.45) is 0 Å². The molecule has 3 atom stereocenters. The van der Waals surface area contributed by atoms with E-state index in [2.05, 4.69) is 62.5 Å². The molecule has 0 spiro atoms. The van der Waals surface area contributed by atoms with Crippen LogP contribution in [0.5, 0.6) is 0 Å². The number of hydrogen-bond acceptors (Lipinski definition) is 5. The molecule has 3 N–H and O–H groups in total. The molecular weight excluding hydrogens is 707 g/mol. The summed E-state index contributed by atoms with van der Waals surface area (Å²) in [5.74, 6) is -0.481. The molecule has 0 aliphatic carbocycles. The van der Waals surface area contributed by atoms with Gasteiger partial charge in [-0.25, -0.2) is 0 Å². The van der Waals surface area contributed by atoms with Crippen LogP contribution in [0, 0.1) is 0 Å². The van der Waals surface area contributed by atoms with E-state index in [0.717, 1.165) is 70.6 Å². The Morgan fingerprint density at radius 1 is 0.526 bits per heavy atom. The first-order chi connectivity index (χ1) is 28.0. The fourth-order valence-corrected chi connectivity index (χ4v) is 7.50. The van der Waals surface area contributed by atoms with Crippen molar-refractivity contribution >= 4 is 11.9 Å². The number of rotatable bonds is 44. The highest BCUT2D eigenvalue weighted by molar-refractivity contribution is 5.77. The number of hydrogen-bond donors (Lipinski definition) is 3. The van der Waals surface area contributed by atoms with E-state index in [0.29, 0.717) is 19.3 Å². The molecule has 6 heteroatoms. The van der Waals surface area contributed by atoms with Gasteiger partial charge in [0.15, 0.2) is 0 Å². The van der Waals surface area contributed by atoms with E-state index in [1.807, 2.05) is 0 Å². The molecule has 1 amide bonds. The zero-order chi connectivity index (χ0) is 41.7. The molecule has 0 bridgehead atoms. The number of aliphatic hydroxyl groups excluding tert-OH is 2. The smallest absolute Gasteiger partial charge is 0.306 e. The lowest BCUT2D eigenvalue weighted by molar-refractivity contribution is -0.151. The molecule has 0 heterocycles. The minimum Gasteiger partial charge on any atom is -0.462 e. The third-order valence-electron chi connectivity index (χ3n) is 11.2. The van der Waals surface area contributed by atoms with Crippen molar-refractivity contribution in [1.29, 1.82) is 0 Å². The van der Waals surface area contributed by atoms with Crippen LogP contribution in [0.4, 0.5) is 0 Å². The van der Waals surface area contributed by atoms with Crippen molar-refractivity contribution in [2.45, 2.75) is 270 Å². The van der Waals surface area contributed by atoms with E-state index in [1.54, 1.807) is 0 Å². The molecule has 0 aliphatic rings. The Labute approximate surface area is 353 Å². The summed E-state index contributed by atoms with van der Waals surface area (Å²) in [6, 6.07) is -0.699. The fraction of sp³-hybridized carbons (Fsp3) is 0.843. The van der Waals surface area contributed by atoms with Gasteiger partial charge in [0.05, 0.1) is 25.2 Å². The van der Waals surface area contributed by atoms with E-state index in [9.17, 15) is 19.8 Å². The largest absolute Gasteiger partial charge is 0.462 e. The number of ether oxygens (including phenoxy) is 1. The van der Waals surface area contributed by atoms with Gasteiger partial charge in [-0.05, 0) is 57.8 Å². The predicted octanol–water partition coefficient (Wildman–Crippen LogP) is 14.5. The van der Waals surface area contributed by atoms with Gasteiger partial charge in [0.1, 0.15) is 6.10 Å². The molecule has 0 aromatic heterocycles. The van der Waals surface area contributed by atoms with Crippen LogP contribution in [0.25, 0.3) is 0 Å². The monoisotopic (exact) mass is 802 g/mol. The van der Waals surface area contributed by atoms with Crippen LogP contribution in [-0.4, -0.2) is 46.9 Å². The number of carbonyl (C=O) groups excluding carboxylic acids is 2. The van der Waals surface area contributed by atoms with Crippen LogP contribution in [-0.2, 0) is 14.3 Å². The average Bonchev–Trinajstić information content (AvgIpc) is 3.20. The Kier molecular flexibility index (Phi) is 43.6. The highest BCUT2D eigenvalue weighted by Gasteiger charge is 2.24. The summed E-state index contributed by atoms with van der Waals surface area (Å²) >= 11 is 0. The number of esters is 1. The Hall–Kier alpha value is -1.92. The molecule has 57 heavy (non-hydrogen) atoms. The minimum absolute atomic E-state index is 0.0754. The number of nitrogens with one attached hydrogen (secondary N) is 1. The van der Waals surface area contributed by atoms with Crippen molar-refractivity contribution in [3.63, 3.8) is 0 Å². The lowest BCUT2D eigenvalue weighted by Gasteiger charge is -2.24. The quantitative estimate of drug-likeness (QED) is 0.0324. The third kappa shape index (κ3) is 40.6. The van der Waals surface area contributed by atoms with Crippen molar-refractivity contribution in [3.8, 4) is 0 Å². The van der Waals surface area contributed by atoms with Crippen molar-refractivity contribution < 1.29 is 24.5 Å². The number of unbranched alkanes of at least 4 members (excludes halogenated alkanes) is 26. The van der Waals surface area contributed by atoms with Crippen molar-refractivity contribution in [3.05, 3.63) is 36.5 Å². The van der Waals surface area contributed by atoms with Crippen molar-refractivity contribution in [2.75, 3.05) is 6.61 Å². The summed E-state index contributed by atoms with van der Waals surface area (Å²) in [6.07, 6.45) is 52.0. The highest BCUT2D eigenvalue weighted by Crippen LogP contribution is 2.18. The van der Waals surface area contributed by atoms with Gasteiger partial charge in [-0.3, -0.25) is 9.59 Å². The molecule has 334 valence electrons. The summed E-state index contributed by atoms with van der Waals surface area (Å²) in [6.45, 7) is 6.36. The highest BCUT2D eigenvalue weighted by atomic mass is 16.5. The summed E-state index contributed by atoms with van der Waals surface area (Å²) in [5.41, 5.74) is 0. The summed E-state index contributed by atoms with van der Waals surface area (Å²) < 4.78 is 5.91. The first-order valence-electron chi connectivity index (χ1n) is 24.7. The van der Waals surface area contributed by atoms with E-state index in [-0.39, 0.29) is 24.9 Å². The normalized spacial score (nSPS) is 13.6. The van der Waals surface area contributed by atoms with E-state index >= 15 is 0 Å². The van der Waals surface area contributed by atoms with Gasteiger partial charge >= 0.3 is 5.97 Å². The second kappa shape index (κ2) is 45.2. The van der Waals surface area contributed by atoms with E-state index in [1.165, 1.54) is 135 Å². The second-order valence-corrected chi connectivity index (χ2v) is 16.8. The molecule has 0 fully saturated rings. The molecule has 0 radical (unpaired) electrons. The van der Waals surface area contributed by atoms with Crippen LogP contribution in [0.3, 0.4) is 0 Å². The maximum Gasteiger partial charge on any atom is 0.306 e. The van der Waals surface area contributed by atoms with Gasteiger partial charge in [-0.1, -0.05) is 218 Å². The number of carbonyl (C=O) groups is 2. The van der Waals surface area contributed by atoms with Crippen LogP contribution < -0.4 is 5.32 Å². The maximum atomic E-state index is 13.1. The molecule has 0 rings (SSSR count). The molecule has 0 saturated heterocycles. The SMILES string of the molecule is CC/C=C/C/C=C/C/C=C/CCCCCCCCC(=O)OC(CCCCCCCCCCCC)CC(=O)NC(CO)C(O)CCCCCCCCCCCCCC. The van der Waals surface area contributed by atoms with Crippen LogP contribution in [0.1, 0.15) is 252 Å². The predicted molar refractivity (Wildman–Crippen MR) is 246 cm³/mol.